The van der Waals surface area contributed by atoms with Crippen LogP contribution in [-0.2, 0) is 4.74 Å². The fraction of sp³-hybridized carbons (Fsp3) is 0.462. The van der Waals surface area contributed by atoms with Crippen LogP contribution in [0.1, 0.15) is 36.5 Å². The second-order valence-electron chi connectivity index (χ2n) is 3.93. The number of ether oxygens (including phenoxy) is 1. The highest BCUT2D eigenvalue weighted by atomic mass is 35.5. The Hall–Kier alpha value is -0.870. The van der Waals surface area contributed by atoms with E-state index < -0.39 is 5.97 Å². The summed E-state index contributed by atoms with van der Waals surface area (Å²) >= 11 is 7.72. The Kier molecular flexibility index (Phi) is 6.36. The summed E-state index contributed by atoms with van der Waals surface area (Å²) < 4.78 is 4.75. The van der Waals surface area contributed by atoms with Crippen molar-refractivity contribution >= 4 is 35.0 Å². The molecule has 0 atom stereocenters. The van der Waals surface area contributed by atoms with Crippen LogP contribution in [0.25, 0.3) is 0 Å². The zero-order chi connectivity index (χ0) is 13.5. The smallest absolute Gasteiger partial charge is 0.339 e. The van der Waals surface area contributed by atoms with E-state index in [0.29, 0.717) is 16.3 Å². The maximum absolute atomic E-state index is 11.7. The minimum Gasteiger partial charge on any atom is -0.465 e. The van der Waals surface area contributed by atoms with E-state index in [1.54, 1.807) is 23.9 Å². The molecular weight excluding hydrogens is 270 g/mol. The third-order valence-electron chi connectivity index (χ3n) is 2.47. The molecule has 1 aromatic rings. The number of carbonyl (C=O) groups is 1. The van der Waals surface area contributed by atoms with E-state index in [4.69, 9.17) is 22.1 Å². The first-order valence-electron chi connectivity index (χ1n) is 5.90. The van der Waals surface area contributed by atoms with Crippen molar-refractivity contribution in [3.8, 4) is 0 Å². The Morgan fingerprint density at radius 2 is 2.17 bits per heavy atom. The van der Waals surface area contributed by atoms with Gasteiger partial charge in [0.25, 0.3) is 0 Å². The van der Waals surface area contributed by atoms with Crippen LogP contribution in [-0.4, -0.2) is 18.8 Å². The Labute approximate surface area is 117 Å². The number of nitrogen functional groups attached to an aromatic ring is 1. The normalized spacial score (nSPS) is 10.4. The first-order chi connectivity index (χ1) is 8.60. The summed E-state index contributed by atoms with van der Waals surface area (Å²) in [5, 5.41) is 0.511. The van der Waals surface area contributed by atoms with Gasteiger partial charge in [-0.3, -0.25) is 0 Å². The molecular formula is C13H18ClNO2S. The lowest BCUT2D eigenvalue weighted by atomic mass is 10.2. The number of benzene rings is 1. The van der Waals surface area contributed by atoms with E-state index in [1.165, 1.54) is 20.0 Å². The van der Waals surface area contributed by atoms with Gasteiger partial charge in [0.2, 0.25) is 0 Å². The van der Waals surface area contributed by atoms with Gasteiger partial charge in [0.15, 0.2) is 0 Å². The third kappa shape index (κ3) is 4.10. The highest BCUT2D eigenvalue weighted by molar-refractivity contribution is 7.99. The van der Waals surface area contributed by atoms with Gasteiger partial charge in [-0.05, 0) is 24.3 Å². The molecule has 0 fully saturated rings. The zero-order valence-electron chi connectivity index (χ0n) is 10.7. The Bertz CT molecular complexity index is 424. The number of hydrogen-bond acceptors (Lipinski definition) is 4. The monoisotopic (exact) mass is 287 g/mol. The molecule has 0 aliphatic rings. The number of anilines is 1. The molecule has 0 heterocycles. The zero-order valence-corrected chi connectivity index (χ0v) is 12.2. The van der Waals surface area contributed by atoms with Gasteiger partial charge in [0.1, 0.15) is 0 Å². The van der Waals surface area contributed by atoms with Crippen molar-refractivity contribution in [1.82, 2.24) is 0 Å². The van der Waals surface area contributed by atoms with Gasteiger partial charge in [-0.25, -0.2) is 4.79 Å². The molecule has 0 aromatic heterocycles. The van der Waals surface area contributed by atoms with Crippen LogP contribution in [0.2, 0.25) is 5.02 Å². The summed E-state index contributed by atoms with van der Waals surface area (Å²) in [5.74, 6) is 0.531. The number of unbranched alkanes of at least 4 members (excludes halogenated alkanes) is 2. The molecule has 0 saturated heterocycles. The summed E-state index contributed by atoms with van der Waals surface area (Å²) in [4.78, 5) is 12.4. The summed E-state index contributed by atoms with van der Waals surface area (Å²) in [6.45, 7) is 2.15. The lowest BCUT2D eigenvalue weighted by Crippen LogP contribution is -2.05. The van der Waals surface area contributed by atoms with Crippen molar-refractivity contribution in [3.63, 3.8) is 0 Å². The molecule has 18 heavy (non-hydrogen) atoms. The van der Waals surface area contributed by atoms with Crippen molar-refractivity contribution in [1.29, 1.82) is 0 Å². The van der Waals surface area contributed by atoms with Gasteiger partial charge in [0.05, 0.1) is 17.7 Å². The first kappa shape index (κ1) is 15.2. The molecule has 5 heteroatoms. The van der Waals surface area contributed by atoms with Crippen molar-refractivity contribution in [2.75, 3.05) is 18.6 Å². The molecule has 1 rings (SSSR count). The number of thioether (sulfide) groups is 1. The third-order valence-corrected chi connectivity index (χ3v) is 4.10. The molecule has 0 unspecified atom stereocenters. The number of nitrogens with two attached hydrogens (primary N) is 1. The predicted molar refractivity (Wildman–Crippen MR) is 77.5 cm³/mol. The summed E-state index contributed by atoms with van der Waals surface area (Å²) in [6.07, 6.45) is 3.44. The topological polar surface area (TPSA) is 52.3 Å². The van der Waals surface area contributed by atoms with Gasteiger partial charge >= 0.3 is 5.97 Å². The minimum absolute atomic E-state index is 0.401. The van der Waals surface area contributed by atoms with E-state index in [0.717, 1.165) is 17.1 Å². The number of methoxy groups -OCH3 is 1. The number of carbonyl (C=O) groups excluding carboxylic acids is 1. The van der Waals surface area contributed by atoms with E-state index >= 15 is 0 Å². The average molecular weight is 288 g/mol. The maximum atomic E-state index is 11.7. The summed E-state index contributed by atoms with van der Waals surface area (Å²) in [5.41, 5.74) is 6.61. The highest BCUT2D eigenvalue weighted by Crippen LogP contribution is 2.34. The molecule has 1 aromatic carbocycles. The Balaban J connectivity index is 2.90. The van der Waals surface area contributed by atoms with Crippen LogP contribution in [0, 0.1) is 0 Å². The van der Waals surface area contributed by atoms with Crippen molar-refractivity contribution in [3.05, 3.63) is 22.7 Å². The van der Waals surface area contributed by atoms with Crippen LogP contribution in [0.4, 0.5) is 5.69 Å². The molecule has 0 saturated carbocycles. The number of rotatable bonds is 6. The number of halogens is 1. The Morgan fingerprint density at radius 1 is 1.44 bits per heavy atom. The molecule has 0 aliphatic carbocycles. The van der Waals surface area contributed by atoms with Gasteiger partial charge in [-0.1, -0.05) is 31.4 Å². The molecule has 0 amide bonds. The molecule has 100 valence electrons. The SMILES string of the molecule is CCCCCSc1c(Cl)cc(N)cc1C(=O)OC. The van der Waals surface area contributed by atoms with Crippen LogP contribution in [0.3, 0.4) is 0 Å². The quantitative estimate of drug-likeness (QED) is 0.372. The molecule has 0 bridgehead atoms. The van der Waals surface area contributed by atoms with Gasteiger partial charge < -0.3 is 10.5 Å². The summed E-state index contributed by atoms with van der Waals surface area (Å²) in [6, 6.07) is 3.27. The molecule has 0 spiro atoms. The summed E-state index contributed by atoms with van der Waals surface area (Å²) in [7, 11) is 1.35. The van der Waals surface area contributed by atoms with E-state index in [9.17, 15) is 4.79 Å². The first-order valence-corrected chi connectivity index (χ1v) is 7.26. The minimum atomic E-state index is -0.401. The second kappa shape index (κ2) is 7.54. The van der Waals surface area contributed by atoms with Crippen molar-refractivity contribution in [2.45, 2.75) is 31.1 Å². The van der Waals surface area contributed by atoms with E-state index in [-0.39, 0.29) is 0 Å². The van der Waals surface area contributed by atoms with Crippen LogP contribution >= 0.6 is 23.4 Å². The van der Waals surface area contributed by atoms with Gasteiger partial charge in [0, 0.05) is 10.6 Å². The largest absolute Gasteiger partial charge is 0.465 e. The second-order valence-corrected chi connectivity index (χ2v) is 5.44. The molecule has 0 radical (unpaired) electrons. The lowest BCUT2D eigenvalue weighted by molar-refractivity contribution is 0.0597. The lowest BCUT2D eigenvalue weighted by Gasteiger charge is -2.10. The van der Waals surface area contributed by atoms with Crippen LogP contribution in [0.15, 0.2) is 17.0 Å². The van der Waals surface area contributed by atoms with Gasteiger partial charge in [-0.2, -0.15) is 0 Å². The average Bonchev–Trinajstić information content (AvgIpc) is 2.35. The fourth-order valence-corrected chi connectivity index (χ4v) is 2.99. The van der Waals surface area contributed by atoms with E-state index in [1.807, 2.05) is 0 Å². The van der Waals surface area contributed by atoms with Crippen molar-refractivity contribution < 1.29 is 9.53 Å². The predicted octanol–water partition coefficient (Wildman–Crippen LogP) is 3.99. The standard InChI is InChI=1S/C13H18ClNO2S/c1-3-4-5-6-18-12-10(13(16)17-2)7-9(15)8-11(12)14/h7-8H,3-6,15H2,1-2H3. The molecule has 3 nitrogen and oxygen atoms in total. The fourth-order valence-electron chi connectivity index (χ4n) is 1.55. The number of hydrogen-bond donors (Lipinski definition) is 1. The van der Waals surface area contributed by atoms with Gasteiger partial charge in [-0.15, -0.1) is 11.8 Å². The van der Waals surface area contributed by atoms with Crippen LogP contribution < -0.4 is 5.73 Å². The molecule has 2 N–H and O–H groups in total. The molecule has 0 aliphatic heterocycles. The number of esters is 1. The maximum Gasteiger partial charge on any atom is 0.339 e. The van der Waals surface area contributed by atoms with E-state index in [2.05, 4.69) is 6.92 Å². The van der Waals surface area contributed by atoms with Crippen LogP contribution in [0.5, 0.6) is 0 Å². The van der Waals surface area contributed by atoms with Crippen molar-refractivity contribution in [2.24, 2.45) is 0 Å². The Morgan fingerprint density at radius 3 is 2.78 bits per heavy atom. The highest BCUT2D eigenvalue weighted by Gasteiger charge is 2.16.